The SMILES string of the molecule is Cn1nc(C(=O)NCCCOC[C@H]2CCCO2)c2ccccc2c1=O. The maximum atomic E-state index is 12.4. The summed E-state index contributed by atoms with van der Waals surface area (Å²) < 4.78 is 12.3. The van der Waals surface area contributed by atoms with Crippen molar-refractivity contribution in [2.45, 2.75) is 25.4 Å². The smallest absolute Gasteiger partial charge is 0.274 e. The second kappa shape index (κ2) is 8.22. The van der Waals surface area contributed by atoms with Crippen molar-refractivity contribution < 1.29 is 14.3 Å². The number of hydrogen-bond acceptors (Lipinski definition) is 5. The predicted molar refractivity (Wildman–Crippen MR) is 93.7 cm³/mol. The van der Waals surface area contributed by atoms with Gasteiger partial charge in [-0.1, -0.05) is 18.2 Å². The van der Waals surface area contributed by atoms with Gasteiger partial charge in [0.25, 0.3) is 11.5 Å². The molecule has 1 atom stereocenters. The molecule has 0 aliphatic carbocycles. The third kappa shape index (κ3) is 4.24. The summed E-state index contributed by atoms with van der Waals surface area (Å²) in [4.78, 5) is 24.5. The fourth-order valence-electron chi connectivity index (χ4n) is 2.92. The normalized spacial score (nSPS) is 17.1. The van der Waals surface area contributed by atoms with Crippen LogP contribution in [0.4, 0.5) is 0 Å². The van der Waals surface area contributed by atoms with E-state index in [0.717, 1.165) is 19.4 Å². The molecule has 1 aliphatic heterocycles. The number of carbonyl (C=O) groups excluding carboxylic acids is 1. The molecule has 1 aromatic carbocycles. The molecule has 1 saturated heterocycles. The molecule has 1 fully saturated rings. The third-order valence-electron chi connectivity index (χ3n) is 4.25. The molecule has 1 N–H and O–H groups in total. The zero-order chi connectivity index (χ0) is 17.6. The number of amides is 1. The molecule has 25 heavy (non-hydrogen) atoms. The van der Waals surface area contributed by atoms with Crippen LogP contribution in [0.3, 0.4) is 0 Å². The van der Waals surface area contributed by atoms with Gasteiger partial charge in [-0.15, -0.1) is 0 Å². The Morgan fingerprint density at radius 1 is 1.40 bits per heavy atom. The Kier molecular flexibility index (Phi) is 5.78. The van der Waals surface area contributed by atoms with Crippen molar-refractivity contribution in [1.82, 2.24) is 15.1 Å². The van der Waals surface area contributed by atoms with Crippen molar-refractivity contribution in [1.29, 1.82) is 0 Å². The average molecular weight is 345 g/mol. The number of fused-ring (bicyclic) bond motifs is 1. The third-order valence-corrected chi connectivity index (χ3v) is 4.25. The molecular formula is C18H23N3O4. The number of nitrogens with one attached hydrogen (secondary N) is 1. The van der Waals surface area contributed by atoms with E-state index in [1.165, 1.54) is 4.68 Å². The minimum absolute atomic E-state index is 0.213. The number of rotatable bonds is 7. The molecule has 2 heterocycles. The highest BCUT2D eigenvalue weighted by Gasteiger charge is 2.16. The number of aromatic nitrogens is 2. The highest BCUT2D eigenvalue weighted by Crippen LogP contribution is 2.13. The lowest BCUT2D eigenvalue weighted by molar-refractivity contribution is 0.0166. The monoisotopic (exact) mass is 345 g/mol. The number of aryl methyl sites for hydroxylation is 1. The van der Waals surface area contributed by atoms with Crippen LogP contribution >= 0.6 is 0 Å². The van der Waals surface area contributed by atoms with E-state index in [0.29, 0.717) is 37.0 Å². The molecular weight excluding hydrogens is 322 g/mol. The van der Waals surface area contributed by atoms with E-state index in [4.69, 9.17) is 9.47 Å². The highest BCUT2D eigenvalue weighted by molar-refractivity contribution is 6.04. The Labute approximate surface area is 145 Å². The summed E-state index contributed by atoms with van der Waals surface area (Å²) in [6.45, 7) is 2.50. The number of hydrogen-bond donors (Lipinski definition) is 1. The van der Waals surface area contributed by atoms with Crippen molar-refractivity contribution in [3.8, 4) is 0 Å². The minimum Gasteiger partial charge on any atom is -0.379 e. The van der Waals surface area contributed by atoms with Crippen molar-refractivity contribution >= 4 is 16.7 Å². The van der Waals surface area contributed by atoms with E-state index >= 15 is 0 Å². The van der Waals surface area contributed by atoms with Crippen LogP contribution in [0.5, 0.6) is 0 Å². The van der Waals surface area contributed by atoms with Gasteiger partial charge in [0.15, 0.2) is 5.69 Å². The van der Waals surface area contributed by atoms with Crippen molar-refractivity contribution in [2.24, 2.45) is 7.05 Å². The summed E-state index contributed by atoms with van der Waals surface area (Å²) in [5.41, 5.74) is 0.0488. The topological polar surface area (TPSA) is 82.5 Å². The Morgan fingerprint density at radius 3 is 2.96 bits per heavy atom. The lowest BCUT2D eigenvalue weighted by Gasteiger charge is -2.11. The number of carbonyl (C=O) groups is 1. The van der Waals surface area contributed by atoms with Gasteiger partial charge < -0.3 is 14.8 Å². The van der Waals surface area contributed by atoms with Crippen LogP contribution in [0.2, 0.25) is 0 Å². The van der Waals surface area contributed by atoms with E-state index in [-0.39, 0.29) is 23.3 Å². The first-order valence-electron chi connectivity index (χ1n) is 8.60. The highest BCUT2D eigenvalue weighted by atomic mass is 16.5. The van der Waals surface area contributed by atoms with Gasteiger partial charge in [-0.2, -0.15) is 5.10 Å². The molecule has 0 saturated carbocycles. The molecule has 0 unspecified atom stereocenters. The largest absolute Gasteiger partial charge is 0.379 e. The van der Waals surface area contributed by atoms with Gasteiger partial charge in [-0.05, 0) is 25.3 Å². The maximum Gasteiger partial charge on any atom is 0.274 e. The Hall–Kier alpha value is -2.25. The molecule has 7 nitrogen and oxygen atoms in total. The lowest BCUT2D eigenvalue weighted by Crippen LogP contribution is -2.30. The molecule has 3 rings (SSSR count). The number of nitrogens with zero attached hydrogens (tertiary/aromatic N) is 2. The van der Waals surface area contributed by atoms with Gasteiger partial charge in [0.2, 0.25) is 0 Å². The van der Waals surface area contributed by atoms with Gasteiger partial charge >= 0.3 is 0 Å². The molecule has 1 amide bonds. The summed E-state index contributed by atoms with van der Waals surface area (Å²) in [6, 6.07) is 7.01. The molecule has 134 valence electrons. The summed E-state index contributed by atoms with van der Waals surface area (Å²) in [5, 5.41) is 8.01. The number of ether oxygens (including phenoxy) is 2. The van der Waals surface area contributed by atoms with Crippen LogP contribution in [0.15, 0.2) is 29.1 Å². The van der Waals surface area contributed by atoms with Gasteiger partial charge in [0.1, 0.15) is 0 Å². The lowest BCUT2D eigenvalue weighted by atomic mass is 10.1. The van der Waals surface area contributed by atoms with Crippen LogP contribution in [-0.4, -0.2) is 48.2 Å². The first kappa shape index (κ1) is 17.6. The summed E-state index contributed by atoms with van der Waals surface area (Å²) in [5.74, 6) is -0.286. The first-order valence-corrected chi connectivity index (χ1v) is 8.60. The zero-order valence-electron chi connectivity index (χ0n) is 14.4. The molecule has 2 aromatic rings. The van der Waals surface area contributed by atoms with E-state index < -0.39 is 0 Å². The Morgan fingerprint density at radius 2 is 2.20 bits per heavy atom. The van der Waals surface area contributed by atoms with Crippen molar-refractivity contribution in [3.05, 3.63) is 40.3 Å². The molecule has 1 aromatic heterocycles. The molecule has 7 heteroatoms. The van der Waals surface area contributed by atoms with Crippen molar-refractivity contribution in [3.63, 3.8) is 0 Å². The standard InChI is InChI=1S/C18H23N3O4/c1-21-18(23)15-8-3-2-7-14(15)16(20-21)17(22)19-9-5-10-24-12-13-6-4-11-25-13/h2-3,7-8,13H,4-6,9-12H2,1H3,(H,19,22)/t13-/m1/s1. The van der Waals surface area contributed by atoms with Crippen LogP contribution in [0.25, 0.3) is 10.8 Å². The maximum absolute atomic E-state index is 12.4. The van der Waals surface area contributed by atoms with Gasteiger partial charge in [-0.3, -0.25) is 9.59 Å². The predicted octanol–water partition coefficient (Wildman–Crippen LogP) is 1.25. The second-order valence-electron chi connectivity index (χ2n) is 6.14. The van der Waals surface area contributed by atoms with E-state index in [9.17, 15) is 9.59 Å². The Bertz CT molecular complexity index is 796. The molecule has 0 bridgehead atoms. The Balaban J connectivity index is 1.52. The van der Waals surface area contributed by atoms with Crippen LogP contribution in [-0.2, 0) is 16.5 Å². The fourth-order valence-corrected chi connectivity index (χ4v) is 2.92. The van der Waals surface area contributed by atoms with Crippen LogP contribution < -0.4 is 10.9 Å². The zero-order valence-corrected chi connectivity index (χ0v) is 14.4. The van der Waals surface area contributed by atoms with E-state index in [1.54, 1.807) is 31.3 Å². The van der Waals surface area contributed by atoms with Gasteiger partial charge in [-0.25, -0.2) is 4.68 Å². The summed E-state index contributed by atoms with van der Waals surface area (Å²) in [7, 11) is 1.55. The van der Waals surface area contributed by atoms with Crippen LogP contribution in [0.1, 0.15) is 29.8 Å². The molecule has 0 spiro atoms. The van der Waals surface area contributed by atoms with Crippen molar-refractivity contribution in [2.75, 3.05) is 26.4 Å². The quantitative estimate of drug-likeness (QED) is 0.764. The molecule has 0 radical (unpaired) electrons. The summed E-state index contributed by atoms with van der Waals surface area (Å²) >= 11 is 0. The fraction of sp³-hybridized carbons (Fsp3) is 0.500. The molecule has 1 aliphatic rings. The summed E-state index contributed by atoms with van der Waals surface area (Å²) in [6.07, 6.45) is 3.09. The first-order chi connectivity index (χ1) is 12.2. The minimum atomic E-state index is -0.286. The van der Waals surface area contributed by atoms with Gasteiger partial charge in [0, 0.05) is 32.2 Å². The van der Waals surface area contributed by atoms with E-state index in [1.807, 2.05) is 0 Å². The second-order valence-corrected chi connectivity index (χ2v) is 6.14. The van der Waals surface area contributed by atoms with Gasteiger partial charge in [0.05, 0.1) is 18.1 Å². The van der Waals surface area contributed by atoms with Crippen LogP contribution in [0, 0.1) is 0 Å². The number of benzene rings is 1. The average Bonchev–Trinajstić information content (AvgIpc) is 3.14. The van der Waals surface area contributed by atoms with E-state index in [2.05, 4.69) is 10.4 Å².